The first-order chi connectivity index (χ1) is 17.5. The van der Waals surface area contributed by atoms with E-state index in [0.29, 0.717) is 22.4 Å². The van der Waals surface area contributed by atoms with E-state index >= 15 is 0 Å². The fourth-order valence-electron chi connectivity index (χ4n) is 3.86. The first-order valence-electron chi connectivity index (χ1n) is 11.2. The second-order valence-electron chi connectivity index (χ2n) is 8.41. The van der Waals surface area contributed by atoms with E-state index in [1.54, 1.807) is 38.6 Å². The number of pyridine rings is 1. The smallest absolute Gasteiger partial charge is 0.339 e. The van der Waals surface area contributed by atoms with Crippen LogP contribution in [0.2, 0.25) is 0 Å². The summed E-state index contributed by atoms with van der Waals surface area (Å²) >= 11 is 0. The molecule has 0 radical (unpaired) electrons. The van der Waals surface area contributed by atoms with Gasteiger partial charge < -0.3 is 20.1 Å². The number of carbonyl (C=O) groups excluding carboxylic acids is 2. The van der Waals surface area contributed by atoms with Crippen LogP contribution in [0.5, 0.6) is 5.75 Å². The second-order valence-corrected chi connectivity index (χ2v) is 10.3. The van der Waals surface area contributed by atoms with Gasteiger partial charge >= 0.3 is 5.97 Å². The highest BCUT2D eigenvalue weighted by molar-refractivity contribution is 7.91. The number of hydrogen-bond donors (Lipinski definition) is 1. The monoisotopic (exact) mass is 523 g/mol. The third kappa shape index (κ3) is 5.64. The van der Waals surface area contributed by atoms with Gasteiger partial charge in [0.15, 0.2) is 0 Å². The molecule has 1 heterocycles. The zero-order valence-corrected chi connectivity index (χ0v) is 22.1. The van der Waals surface area contributed by atoms with Crippen molar-refractivity contribution < 1.29 is 27.5 Å². The lowest BCUT2D eigenvalue weighted by atomic mass is 9.91. The Labute approximate surface area is 216 Å². The highest BCUT2D eigenvalue weighted by Gasteiger charge is 2.33. The van der Waals surface area contributed by atoms with Gasteiger partial charge in [0.25, 0.3) is 0 Å². The van der Waals surface area contributed by atoms with Crippen LogP contribution in [-0.2, 0) is 25.8 Å². The number of rotatable bonds is 8. The standard InChI is InChI=1S/C27H29N3O6S/c1-17-25(28)21(12-13-23(31)30(2)3)22(15-18-7-6-14-29-16-18)24(27(32)36-5)26(17)37(33,34)20-10-8-19(35-4)9-11-20/h6-14,16H,15,28H2,1-5H3. The molecule has 0 saturated carbocycles. The second kappa shape index (κ2) is 11.3. The molecule has 0 aliphatic carbocycles. The maximum Gasteiger partial charge on any atom is 0.339 e. The number of carbonyl (C=O) groups is 2. The van der Waals surface area contributed by atoms with E-state index < -0.39 is 15.8 Å². The summed E-state index contributed by atoms with van der Waals surface area (Å²) in [4.78, 5) is 30.7. The largest absolute Gasteiger partial charge is 0.497 e. The van der Waals surface area contributed by atoms with Crippen molar-refractivity contribution in [3.05, 3.63) is 82.7 Å². The van der Waals surface area contributed by atoms with Crippen LogP contribution in [0.15, 0.2) is 64.7 Å². The van der Waals surface area contributed by atoms with Gasteiger partial charge in [-0.05, 0) is 60.0 Å². The summed E-state index contributed by atoms with van der Waals surface area (Å²) in [5, 5.41) is 0. The average molecular weight is 524 g/mol. The van der Waals surface area contributed by atoms with Crippen LogP contribution in [0.4, 0.5) is 5.69 Å². The Bertz CT molecular complexity index is 1450. The van der Waals surface area contributed by atoms with Gasteiger partial charge in [0.05, 0.1) is 29.6 Å². The summed E-state index contributed by atoms with van der Waals surface area (Å²) in [5.74, 6) is -0.673. The number of esters is 1. The van der Waals surface area contributed by atoms with Crippen molar-refractivity contribution in [2.75, 3.05) is 34.0 Å². The Morgan fingerprint density at radius 2 is 1.78 bits per heavy atom. The first kappa shape index (κ1) is 27.4. The van der Waals surface area contributed by atoms with Crippen LogP contribution in [0.1, 0.15) is 32.6 Å². The number of aromatic nitrogens is 1. The molecular weight excluding hydrogens is 494 g/mol. The minimum Gasteiger partial charge on any atom is -0.497 e. The highest BCUT2D eigenvalue weighted by atomic mass is 32.2. The highest BCUT2D eigenvalue weighted by Crippen LogP contribution is 2.38. The van der Waals surface area contributed by atoms with Crippen molar-refractivity contribution in [1.82, 2.24) is 9.88 Å². The van der Waals surface area contributed by atoms with Crippen LogP contribution in [0, 0.1) is 6.92 Å². The number of nitrogens with zero attached hydrogens (tertiary/aromatic N) is 2. The molecule has 0 spiro atoms. The molecule has 0 unspecified atom stereocenters. The summed E-state index contributed by atoms with van der Waals surface area (Å²) < 4.78 is 38.0. The van der Waals surface area contributed by atoms with E-state index in [0.717, 1.165) is 0 Å². The molecule has 0 aliphatic rings. The van der Waals surface area contributed by atoms with E-state index in [1.165, 1.54) is 62.5 Å². The van der Waals surface area contributed by atoms with Crippen LogP contribution < -0.4 is 10.5 Å². The Morgan fingerprint density at radius 3 is 2.32 bits per heavy atom. The molecular formula is C27H29N3O6S. The van der Waals surface area contributed by atoms with Crippen molar-refractivity contribution in [3.63, 3.8) is 0 Å². The van der Waals surface area contributed by atoms with E-state index in [4.69, 9.17) is 15.2 Å². The topological polar surface area (TPSA) is 129 Å². The van der Waals surface area contributed by atoms with Gasteiger partial charge in [0, 0.05) is 50.2 Å². The molecule has 0 atom stereocenters. The van der Waals surface area contributed by atoms with Crippen LogP contribution >= 0.6 is 0 Å². The minimum atomic E-state index is -4.23. The summed E-state index contributed by atoms with van der Waals surface area (Å²) in [6.45, 7) is 1.52. The molecule has 194 valence electrons. The van der Waals surface area contributed by atoms with Crippen molar-refractivity contribution in [3.8, 4) is 5.75 Å². The number of hydrogen-bond acceptors (Lipinski definition) is 8. The zero-order chi connectivity index (χ0) is 27.3. The van der Waals surface area contributed by atoms with E-state index in [-0.39, 0.29) is 38.9 Å². The predicted molar refractivity (Wildman–Crippen MR) is 140 cm³/mol. The predicted octanol–water partition coefficient (Wildman–Crippen LogP) is 3.29. The fraction of sp³-hybridized carbons (Fsp3) is 0.222. The molecule has 3 rings (SSSR count). The normalized spacial score (nSPS) is 11.4. The first-order valence-corrected chi connectivity index (χ1v) is 12.7. The number of methoxy groups -OCH3 is 2. The number of nitrogen functional groups attached to an aromatic ring is 1. The molecule has 0 bridgehead atoms. The van der Waals surface area contributed by atoms with Gasteiger partial charge in [-0.15, -0.1) is 0 Å². The van der Waals surface area contributed by atoms with Crippen molar-refractivity contribution in [2.45, 2.75) is 23.1 Å². The molecule has 0 fully saturated rings. The fourth-order valence-corrected chi connectivity index (χ4v) is 5.58. The van der Waals surface area contributed by atoms with Crippen LogP contribution in [0.3, 0.4) is 0 Å². The molecule has 0 aliphatic heterocycles. The lowest BCUT2D eigenvalue weighted by molar-refractivity contribution is -0.123. The lowest BCUT2D eigenvalue weighted by Crippen LogP contribution is -2.20. The van der Waals surface area contributed by atoms with Gasteiger partial charge in [-0.25, -0.2) is 13.2 Å². The number of ether oxygens (including phenoxy) is 2. The maximum atomic E-state index is 13.9. The lowest BCUT2D eigenvalue weighted by Gasteiger charge is -2.22. The zero-order valence-electron chi connectivity index (χ0n) is 21.3. The molecule has 3 aromatic rings. The molecule has 2 N–H and O–H groups in total. The summed E-state index contributed by atoms with van der Waals surface area (Å²) in [5.41, 5.74) is 8.01. The SMILES string of the molecule is COC(=O)c1c(Cc2cccnc2)c(C=CC(=O)N(C)C)c(N)c(C)c1S(=O)(=O)c1ccc(OC)cc1. The van der Waals surface area contributed by atoms with Crippen molar-refractivity contribution in [2.24, 2.45) is 0 Å². The number of amides is 1. The molecule has 1 aromatic heterocycles. The number of likely N-dealkylation sites (N-methyl/N-ethyl adjacent to an activating group) is 1. The van der Waals surface area contributed by atoms with Crippen LogP contribution in [-0.4, -0.2) is 58.5 Å². The number of sulfone groups is 1. The summed E-state index contributed by atoms with van der Waals surface area (Å²) in [6, 6.07) is 9.35. The number of nitrogens with two attached hydrogens (primary N) is 1. The van der Waals surface area contributed by atoms with Gasteiger partial charge in [0.1, 0.15) is 5.75 Å². The number of anilines is 1. The van der Waals surface area contributed by atoms with Gasteiger partial charge in [0.2, 0.25) is 15.7 Å². The van der Waals surface area contributed by atoms with Crippen LogP contribution in [0.25, 0.3) is 6.08 Å². The minimum absolute atomic E-state index is 0.0423. The van der Waals surface area contributed by atoms with E-state index in [2.05, 4.69) is 4.98 Å². The van der Waals surface area contributed by atoms with E-state index in [1.807, 2.05) is 0 Å². The van der Waals surface area contributed by atoms with Crippen molar-refractivity contribution in [1.29, 1.82) is 0 Å². The van der Waals surface area contributed by atoms with Gasteiger partial charge in [-0.2, -0.15) is 0 Å². The molecule has 2 aromatic carbocycles. The number of benzene rings is 2. The van der Waals surface area contributed by atoms with Gasteiger partial charge in [-0.1, -0.05) is 6.07 Å². The molecule has 0 saturated heterocycles. The van der Waals surface area contributed by atoms with Gasteiger partial charge in [-0.3, -0.25) is 9.78 Å². The quantitative estimate of drug-likeness (QED) is 0.271. The Hall–Kier alpha value is -4.18. The van der Waals surface area contributed by atoms with E-state index in [9.17, 15) is 18.0 Å². The molecule has 1 amide bonds. The van der Waals surface area contributed by atoms with Crippen molar-refractivity contribution >= 4 is 33.5 Å². The third-order valence-electron chi connectivity index (χ3n) is 5.85. The Kier molecular flexibility index (Phi) is 8.34. The summed E-state index contributed by atoms with van der Waals surface area (Å²) in [7, 11) is 1.62. The average Bonchev–Trinajstić information content (AvgIpc) is 2.89. The molecule has 9 nitrogen and oxygen atoms in total. The Balaban J connectivity index is 2.41. The summed E-state index contributed by atoms with van der Waals surface area (Å²) in [6.07, 6.45) is 6.13. The third-order valence-corrected chi connectivity index (χ3v) is 7.79. The molecule has 10 heteroatoms. The maximum absolute atomic E-state index is 13.9. The molecule has 37 heavy (non-hydrogen) atoms. The Morgan fingerprint density at radius 1 is 1.11 bits per heavy atom.